The van der Waals surface area contributed by atoms with Gasteiger partial charge in [-0.15, -0.1) is 0 Å². The van der Waals surface area contributed by atoms with Gasteiger partial charge in [0, 0.05) is 5.41 Å². The van der Waals surface area contributed by atoms with Gasteiger partial charge in [-0.3, -0.25) is 4.79 Å². The van der Waals surface area contributed by atoms with E-state index in [2.05, 4.69) is 4.99 Å². The molecular formula is C7H16N4O. The lowest BCUT2D eigenvalue weighted by Crippen LogP contribution is -2.40. The van der Waals surface area contributed by atoms with Crippen molar-refractivity contribution in [3.63, 3.8) is 0 Å². The third-order valence-corrected chi connectivity index (χ3v) is 1.30. The van der Waals surface area contributed by atoms with E-state index in [-0.39, 0.29) is 11.7 Å². The average Bonchev–Trinajstić information content (AvgIpc) is 1.82. The second-order valence-electron chi connectivity index (χ2n) is 3.61. The molecule has 5 heteroatoms. The van der Waals surface area contributed by atoms with E-state index >= 15 is 0 Å². The highest BCUT2D eigenvalue weighted by molar-refractivity contribution is 5.90. The van der Waals surface area contributed by atoms with Gasteiger partial charge in [0.1, 0.15) is 0 Å². The molecule has 6 N–H and O–H groups in total. The van der Waals surface area contributed by atoms with Gasteiger partial charge in [0.2, 0.25) is 0 Å². The van der Waals surface area contributed by atoms with E-state index in [1.807, 2.05) is 0 Å². The molecule has 0 aromatic heterocycles. The number of hydrogen-bond acceptors (Lipinski definition) is 3. The zero-order valence-corrected chi connectivity index (χ0v) is 7.66. The molecule has 0 fully saturated rings. The van der Waals surface area contributed by atoms with Crippen molar-refractivity contribution in [3.05, 3.63) is 0 Å². The average molecular weight is 172 g/mol. The van der Waals surface area contributed by atoms with Crippen molar-refractivity contribution in [2.24, 2.45) is 27.6 Å². The van der Waals surface area contributed by atoms with E-state index in [1.165, 1.54) is 0 Å². The molecule has 0 spiro atoms. The normalized spacial score (nSPS) is 13.7. The van der Waals surface area contributed by atoms with Crippen LogP contribution in [0.2, 0.25) is 0 Å². The van der Waals surface area contributed by atoms with Crippen LogP contribution in [0, 0.1) is 5.41 Å². The lowest BCUT2D eigenvalue weighted by atomic mass is 9.89. The van der Waals surface area contributed by atoms with Crippen LogP contribution < -0.4 is 17.2 Å². The standard InChI is InChI=1S/C7H16N4O/c1-7(2,3)4(12)5(8)11-6(9)10/h5H,8H2,1-3H3,(H4,9,10,11). The zero-order chi connectivity index (χ0) is 9.94. The smallest absolute Gasteiger partial charge is 0.187 e. The first-order valence-corrected chi connectivity index (χ1v) is 3.64. The fourth-order valence-corrected chi connectivity index (χ4v) is 0.663. The van der Waals surface area contributed by atoms with E-state index in [1.54, 1.807) is 20.8 Å². The van der Waals surface area contributed by atoms with Gasteiger partial charge < -0.3 is 17.2 Å². The molecule has 0 aromatic carbocycles. The summed E-state index contributed by atoms with van der Waals surface area (Å²) in [7, 11) is 0. The molecule has 0 bridgehead atoms. The Morgan fingerprint density at radius 2 is 1.75 bits per heavy atom. The minimum absolute atomic E-state index is 0.167. The molecule has 0 saturated heterocycles. The molecule has 12 heavy (non-hydrogen) atoms. The van der Waals surface area contributed by atoms with Gasteiger partial charge >= 0.3 is 0 Å². The number of carbonyl (C=O) groups is 1. The van der Waals surface area contributed by atoms with Gasteiger partial charge in [0.05, 0.1) is 0 Å². The summed E-state index contributed by atoms with van der Waals surface area (Å²) in [5, 5.41) is 0. The van der Waals surface area contributed by atoms with Crippen molar-refractivity contribution < 1.29 is 4.79 Å². The first-order valence-electron chi connectivity index (χ1n) is 3.64. The van der Waals surface area contributed by atoms with E-state index in [0.717, 1.165) is 0 Å². The van der Waals surface area contributed by atoms with Crippen LogP contribution in [0.4, 0.5) is 0 Å². The monoisotopic (exact) mass is 172 g/mol. The summed E-state index contributed by atoms with van der Waals surface area (Å²) in [5.74, 6) is -0.351. The molecule has 0 rings (SSSR count). The maximum absolute atomic E-state index is 11.4. The summed E-state index contributed by atoms with van der Waals surface area (Å²) in [5.41, 5.74) is 15.0. The maximum Gasteiger partial charge on any atom is 0.187 e. The Hall–Kier alpha value is -1.10. The predicted octanol–water partition coefficient (Wildman–Crippen LogP) is -0.840. The Balaban J connectivity index is 4.42. The molecule has 1 atom stereocenters. The second-order valence-corrected chi connectivity index (χ2v) is 3.61. The van der Waals surface area contributed by atoms with Gasteiger partial charge in [-0.05, 0) is 0 Å². The molecule has 70 valence electrons. The number of carbonyl (C=O) groups excluding carboxylic acids is 1. The third-order valence-electron chi connectivity index (χ3n) is 1.30. The molecule has 0 heterocycles. The summed E-state index contributed by atoms with van der Waals surface area (Å²) >= 11 is 0. The first-order chi connectivity index (χ1) is 5.25. The Kier molecular flexibility index (Phi) is 3.21. The maximum atomic E-state index is 11.4. The van der Waals surface area contributed by atoms with Crippen LogP contribution in [0.25, 0.3) is 0 Å². The van der Waals surface area contributed by atoms with Crippen molar-refractivity contribution in [3.8, 4) is 0 Å². The fourth-order valence-electron chi connectivity index (χ4n) is 0.663. The number of rotatable bonds is 2. The summed E-state index contributed by atoms with van der Waals surface area (Å²) in [6.45, 7) is 5.28. The van der Waals surface area contributed by atoms with Crippen LogP contribution in [-0.2, 0) is 4.79 Å². The molecule has 0 aliphatic heterocycles. The van der Waals surface area contributed by atoms with E-state index in [4.69, 9.17) is 17.2 Å². The highest BCUT2D eigenvalue weighted by Crippen LogP contribution is 2.16. The van der Waals surface area contributed by atoms with Crippen molar-refractivity contribution >= 4 is 11.7 Å². The molecule has 0 radical (unpaired) electrons. The minimum atomic E-state index is -0.949. The Morgan fingerprint density at radius 1 is 1.33 bits per heavy atom. The number of hydrogen-bond donors (Lipinski definition) is 3. The summed E-state index contributed by atoms with van der Waals surface area (Å²) in [4.78, 5) is 14.9. The molecule has 1 unspecified atom stereocenters. The molecule has 0 amide bonds. The van der Waals surface area contributed by atoms with Crippen molar-refractivity contribution in [1.82, 2.24) is 0 Å². The number of nitrogens with zero attached hydrogens (tertiary/aromatic N) is 1. The number of Topliss-reactive ketones (excluding diaryl/α,β-unsaturated/α-hetero) is 1. The van der Waals surface area contributed by atoms with Gasteiger partial charge in [-0.1, -0.05) is 20.8 Å². The van der Waals surface area contributed by atoms with Crippen molar-refractivity contribution in [1.29, 1.82) is 0 Å². The van der Waals surface area contributed by atoms with Crippen LogP contribution in [0.1, 0.15) is 20.8 Å². The van der Waals surface area contributed by atoms with E-state index < -0.39 is 11.6 Å². The van der Waals surface area contributed by atoms with Crippen LogP contribution in [0.15, 0.2) is 4.99 Å². The largest absolute Gasteiger partial charge is 0.370 e. The molecule has 0 aliphatic carbocycles. The van der Waals surface area contributed by atoms with Crippen LogP contribution in [0.5, 0.6) is 0 Å². The van der Waals surface area contributed by atoms with Gasteiger partial charge in [0.25, 0.3) is 0 Å². The quantitative estimate of drug-likeness (QED) is 0.373. The van der Waals surface area contributed by atoms with E-state index in [9.17, 15) is 4.79 Å². The topological polar surface area (TPSA) is 107 Å². The Bertz CT molecular complexity index is 200. The van der Waals surface area contributed by atoms with Crippen LogP contribution in [-0.4, -0.2) is 17.9 Å². The zero-order valence-electron chi connectivity index (χ0n) is 7.66. The van der Waals surface area contributed by atoms with Crippen LogP contribution in [0.3, 0.4) is 0 Å². The number of ketones is 1. The van der Waals surface area contributed by atoms with Gasteiger partial charge in [-0.25, -0.2) is 4.99 Å². The third kappa shape index (κ3) is 3.34. The predicted molar refractivity (Wildman–Crippen MR) is 48.2 cm³/mol. The van der Waals surface area contributed by atoms with Gasteiger partial charge in [0.15, 0.2) is 17.9 Å². The second kappa shape index (κ2) is 3.53. The Morgan fingerprint density at radius 3 is 2.00 bits per heavy atom. The summed E-state index contributed by atoms with van der Waals surface area (Å²) < 4.78 is 0. The Labute approximate surface area is 72.0 Å². The van der Waals surface area contributed by atoms with Crippen LogP contribution >= 0.6 is 0 Å². The number of nitrogens with two attached hydrogens (primary N) is 3. The molecule has 5 nitrogen and oxygen atoms in total. The molecule has 0 aliphatic rings. The lowest BCUT2D eigenvalue weighted by molar-refractivity contribution is -0.127. The highest BCUT2D eigenvalue weighted by atomic mass is 16.1. The molecular weight excluding hydrogens is 156 g/mol. The SMILES string of the molecule is CC(C)(C)C(=O)C(N)N=C(N)N. The highest BCUT2D eigenvalue weighted by Gasteiger charge is 2.26. The van der Waals surface area contributed by atoms with E-state index in [0.29, 0.717) is 0 Å². The van der Waals surface area contributed by atoms with Gasteiger partial charge in [-0.2, -0.15) is 0 Å². The first kappa shape index (κ1) is 10.9. The summed E-state index contributed by atoms with van der Waals surface area (Å²) in [6.07, 6.45) is -0.949. The van der Waals surface area contributed by atoms with Crippen molar-refractivity contribution in [2.75, 3.05) is 0 Å². The molecule has 0 aromatic rings. The fraction of sp³-hybridized carbons (Fsp3) is 0.714. The van der Waals surface area contributed by atoms with Crippen molar-refractivity contribution in [2.45, 2.75) is 26.9 Å². The summed E-state index contributed by atoms with van der Waals surface area (Å²) in [6, 6.07) is 0. The number of aliphatic imine (C=N–C) groups is 1. The lowest BCUT2D eigenvalue weighted by Gasteiger charge is -2.18. The minimum Gasteiger partial charge on any atom is -0.370 e. The molecule has 0 saturated carbocycles. The number of guanidine groups is 1.